The summed E-state index contributed by atoms with van der Waals surface area (Å²) in [4.78, 5) is 28.3. The van der Waals surface area contributed by atoms with Gasteiger partial charge >= 0.3 is 5.56 Å². The SMILES string of the molecule is C=CN(C)CC.CN1CCN(c2ccc(-n3oc4ncnc(NC5CCC(O)CC5)c4c3=O)cc2)CC1. The van der Waals surface area contributed by atoms with Crippen molar-refractivity contribution in [1.82, 2.24) is 24.5 Å². The highest BCUT2D eigenvalue weighted by Gasteiger charge is 2.23. The zero-order chi connectivity index (χ0) is 26.4. The first kappa shape index (κ1) is 26.7. The van der Waals surface area contributed by atoms with Gasteiger partial charge in [0.1, 0.15) is 12.1 Å². The van der Waals surface area contributed by atoms with Crippen LogP contribution in [0.25, 0.3) is 16.8 Å². The van der Waals surface area contributed by atoms with Crippen LogP contribution in [0.3, 0.4) is 0 Å². The number of likely N-dealkylation sites (N-methyl/N-ethyl adjacent to an activating group) is 1. The summed E-state index contributed by atoms with van der Waals surface area (Å²) in [5.41, 5.74) is 1.79. The van der Waals surface area contributed by atoms with E-state index in [-0.39, 0.29) is 23.4 Å². The standard InChI is InChI=1S/C22H28N6O3.C5H11N/c1-26-10-12-27(13-11-26)16-4-6-17(7-5-16)28-22(30)19-20(23-14-24-21(19)31-28)25-15-2-8-18(29)9-3-15;1-4-6(3)5-2/h4-7,14-15,18,29H,2-3,8-13H2,1H3,(H,23,24,25);4H,1,5H2,2-3H3. The second kappa shape index (κ2) is 12.2. The van der Waals surface area contributed by atoms with Crippen LogP contribution in [-0.4, -0.2) is 88.6 Å². The van der Waals surface area contributed by atoms with Crippen molar-refractivity contribution < 1.29 is 9.63 Å². The Morgan fingerprint density at radius 2 is 1.76 bits per heavy atom. The third kappa shape index (κ3) is 6.50. The molecule has 2 fully saturated rings. The van der Waals surface area contributed by atoms with Crippen LogP contribution in [-0.2, 0) is 0 Å². The maximum Gasteiger partial charge on any atom is 0.300 e. The van der Waals surface area contributed by atoms with E-state index >= 15 is 0 Å². The Balaban J connectivity index is 0.000000480. The average molecular weight is 510 g/mol. The van der Waals surface area contributed by atoms with E-state index < -0.39 is 0 Å². The predicted molar refractivity (Wildman–Crippen MR) is 147 cm³/mol. The van der Waals surface area contributed by atoms with Crippen molar-refractivity contribution in [3.63, 3.8) is 0 Å². The van der Waals surface area contributed by atoms with E-state index in [2.05, 4.69) is 45.6 Å². The number of rotatable bonds is 6. The fourth-order valence-electron chi connectivity index (χ4n) is 4.55. The van der Waals surface area contributed by atoms with Crippen molar-refractivity contribution >= 4 is 22.6 Å². The fourth-order valence-corrected chi connectivity index (χ4v) is 4.55. The maximum absolute atomic E-state index is 13.2. The number of anilines is 2. The third-order valence-electron chi connectivity index (χ3n) is 7.19. The lowest BCUT2D eigenvalue weighted by Gasteiger charge is -2.34. The molecule has 10 nitrogen and oxygen atoms in total. The van der Waals surface area contributed by atoms with E-state index in [9.17, 15) is 9.90 Å². The fraction of sp³-hybridized carbons (Fsp3) is 0.519. The number of aliphatic hydroxyl groups is 1. The van der Waals surface area contributed by atoms with Crippen LogP contribution in [0.4, 0.5) is 11.5 Å². The average Bonchev–Trinajstić information content (AvgIpc) is 3.27. The molecule has 0 bridgehead atoms. The van der Waals surface area contributed by atoms with Gasteiger partial charge in [-0.05, 0) is 70.1 Å². The number of fused-ring (bicyclic) bond motifs is 1. The Kier molecular flexibility index (Phi) is 8.83. The smallest absolute Gasteiger partial charge is 0.300 e. The molecular weight excluding hydrogens is 470 g/mol. The lowest BCUT2D eigenvalue weighted by Crippen LogP contribution is -2.44. The van der Waals surface area contributed by atoms with Gasteiger partial charge in [-0.1, -0.05) is 6.58 Å². The van der Waals surface area contributed by atoms with Gasteiger partial charge in [0.25, 0.3) is 5.71 Å². The van der Waals surface area contributed by atoms with E-state index in [1.807, 2.05) is 36.2 Å². The van der Waals surface area contributed by atoms with Gasteiger partial charge in [-0.25, -0.2) is 4.98 Å². The van der Waals surface area contributed by atoms with Crippen molar-refractivity contribution in [1.29, 1.82) is 0 Å². The molecule has 2 aromatic heterocycles. The highest BCUT2D eigenvalue weighted by molar-refractivity contribution is 5.84. The Morgan fingerprint density at radius 1 is 1.11 bits per heavy atom. The van der Waals surface area contributed by atoms with Gasteiger partial charge in [-0.15, -0.1) is 4.74 Å². The first-order valence-corrected chi connectivity index (χ1v) is 13.1. The molecule has 0 radical (unpaired) electrons. The number of nitrogens with zero attached hydrogens (tertiary/aromatic N) is 6. The Bertz CT molecular complexity index is 1210. The maximum atomic E-state index is 13.2. The van der Waals surface area contributed by atoms with Crippen LogP contribution in [0.5, 0.6) is 0 Å². The molecule has 0 atom stereocenters. The molecule has 10 heteroatoms. The molecule has 2 N–H and O–H groups in total. The first-order chi connectivity index (χ1) is 17.9. The number of nitrogens with one attached hydrogen (secondary N) is 1. The minimum Gasteiger partial charge on any atom is -0.393 e. The summed E-state index contributed by atoms with van der Waals surface area (Å²) < 4.78 is 7.06. The number of hydrogen-bond donors (Lipinski definition) is 2. The molecule has 200 valence electrons. The van der Waals surface area contributed by atoms with Crippen LogP contribution < -0.4 is 15.8 Å². The second-order valence-electron chi connectivity index (χ2n) is 9.81. The molecule has 1 saturated heterocycles. The summed E-state index contributed by atoms with van der Waals surface area (Å²) in [6, 6.07) is 8.03. The van der Waals surface area contributed by atoms with Gasteiger partial charge in [0.2, 0.25) is 0 Å². The lowest BCUT2D eigenvalue weighted by molar-refractivity contribution is 0.126. The van der Waals surface area contributed by atoms with Crippen molar-refractivity contribution in [3.8, 4) is 5.69 Å². The van der Waals surface area contributed by atoms with Crippen LogP contribution in [0, 0.1) is 0 Å². The van der Waals surface area contributed by atoms with Crippen molar-refractivity contribution in [2.45, 2.75) is 44.8 Å². The van der Waals surface area contributed by atoms with E-state index in [1.54, 1.807) is 6.20 Å². The summed E-state index contributed by atoms with van der Waals surface area (Å²) in [7, 11) is 4.13. The van der Waals surface area contributed by atoms with Crippen LogP contribution in [0.15, 0.2) is 52.7 Å². The highest BCUT2D eigenvalue weighted by Crippen LogP contribution is 2.25. The van der Waals surface area contributed by atoms with Crippen LogP contribution >= 0.6 is 0 Å². The minimum absolute atomic E-state index is 0.173. The molecule has 37 heavy (non-hydrogen) atoms. The zero-order valence-corrected chi connectivity index (χ0v) is 22.1. The molecule has 0 amide bonds. The monoisotopic (exact) mass is 509 g/mol. The topological polar surface area (TPSA) is 103 Å². The number of aliphatic hydroxyl groups excluding tert-OH is 1. The van der Waals surface area contributed by atoms with Gasteiger partial charge in [-0.3, -0.25) is 4.79 Å². The third-order valence-corrected chi connectivity index (χ3v) is 7.19. The second-order valence-corrected chi connectivity index (χ2v) is 9.81. The summed E-state index contributed by atoms with van der Waals surface area (Å²) in [5, 5.41) is 13.4. The first-order valence-electron chi connectivity index (χ1n) is 13.1. The minimum atomic E-state index is -0.277. The molecule has 1 aliphatic heterocycles. The molecule has 3 aromatic rings. The molecule has 5 rings (SSSR count). The summed E-state index contributed by atoms with van der Waals surface area (Å²) in [5.74, 6) is 0.493. The van der Waals surface area contributed by atoms with Crippen LogP contribution in [0.1, 0.15) is 32.6 Å². The number of benzene rings is 1. The number of aromatic nitrogens is 3. The van der Waals surface area contributed by atoms with E-state index in [4.69, 9.17) is 4.52 Å². The molecule has 0 spiro atoms. The Labute approximate surface area is 218 Å². The summed E-state index contributed by atoms with van der Waals surface area (Å²) >= 11 is 0. The summed E-state index contributed by atoms with van der Waals surface area (Å²) in [6.45, 7) is 10.7. The molecule has 3 heterocycles. The molecule has 1 saturated carbocycles. The summed E-state index contributed by atoms with van der Waals surface area (Å²) in [6.07, 6.45) is 6.16. The number of piperazine rings is 1. The van der Waals surface area contributed by atoms with E-state index in [1.165, 1.54) is 11.1 Å². The van der Waals surface area contributed by atoms with E-state index in [0.29, 0.717) is 16.9 Å². The molecule has 0 unspecified atom stereocenters. The van der Waals surface area contributed by atoms with Gasteiger partial charge in [0, 0.05) is 51.5 Å². The van der Waals surface area contributed by atoms with Gasteiger partial charge in [-0.2, -0.15) is 4.98 Å². The quantitative estimate of drug-likeness (QED) is 0.519. The molecule has 1 aromatic carbocycles. The zero-order valence-electron chi connectivity index (χ0n) is 22.1. The van der Waals surface area contributed by atoms with Crippen molar-refractivity contribution in [3.05, 3.63) is 53.7 Å². The number of hydrogen-bond acceptors (Lipinski definition) is 9. The van der Waals surface area contributed by atoms with E-state index in [0.717, 1.165) is 64.1 Å². The largest absolute Gasteiger partial charge is 0.393 e. The van der Waals surface area contributed by atoms with Crippen molar-refractivity contribution in [2.24, 2.45) is 0 Å². The Hall–Kier alpha value is -3.37. The molecular formula is C27H39N7O3. The van der Waals surface area contributed by atoms with Gasteiger partial charge in [0.05, 0.1) is 11.8 Å². The highest BCUT2D eigenvalue weighted by atomic mass is 16.5. The predicted octanol–water partition coefficient (Wildman–Crippen LogP) is 2.92. The van der Waals surface area contributed by atoms with Crippen molar-refractivity contribution in [2.75, 3.05) is 57.0 Å². The van der Waals surface area contributed by atoms with Crippen LogP contribution in [0.2, 0.25) is 0 Å². The van der Waals surface area contributed by atoms with Gasteiger partial charge in [0.15, 0.2) is 5.39 Å². The Morgan fingerprint density at radius 3 is 2.35 bits per heavy atom. The van der Waals surface area contributed by atoms with Gasteiger partial charge < -0.3 is 29.6 Å². The molecule has 1 aliphatic carbocycles. The normalized spacial score (nSPS) is 20.3. The molecule has 2 aliphatic rings. The lowest BCUT2D eigenvalue weighted by atomic mass is 9.93.